The summed E-state index contributed by atoms with van der Waals surface area (Å²) in [6, 6.07) is 24.3. The minimum atomic E-state index is -3.52. The maximum absolute atomic E-state index is 12.6. The van der Waals surface area contributed by atoms with Gasteiger partial charge < -0.3 is 10.2 Å². The van der Waals surface area contributed by atoms with E-state index in [1.807, 2.05) is 54.6 Å². The van der Waals surface area contributed by atoms with Crippen LogP contribution in [0.2, 0.25) is 0 Å². The van der Waals surface area contributed by atoms with Gasteiger partial charge in [-0.15, -0.1) is 0 Å². The van der Waals surface area contributed by atoms with E-state index in [9.17, 15) is 13.2 Å². The molecule has 0 radical (unpaired) electrons. The van der Waals surface area contributed by atoms with E-state index in [1.165, 1.54) is 13.1 Å². The molecule has 3 rings (SSSR count). The van der Waals surface area contributed by atoms with Gasteiger partial charge in [-0.05, 0) is 41.4 Å². The van der Waals surface area contributed by atoms with Crippen molar-refractivity contribution in [2.75, 3.05) is 14.1 Å². The van der Waals surface area contributed by atoms with Crippen LogP contribution < -0.4 is 10.0 Å². The summed E-state index contributed by atoms with van der Waals surface area (Å²) in [6.45, 7) is 0.682. The monoisotopic (exact) mass is 423 g/mol. The fourth-order valence-corrected chi connectivity index (χ4v) is 3.94. The SMILES string of the molecule is CNS(=O)(=O)c1cccc(CNC(=O)N(C)Cc2ccccc2-c2ccccc2)c1. The van der Waals surface area contributed by atoms with Crippen LogP contribution in [0.3, 0.4) is 0 Å². The Morgan fingerprint density at radius 1 is 0.933 bits per heavy atom. The largest absolute Gasteiger partial charge is 0.334 e. The maximum Gasteiger partial charge on any atom is 0.317 e. The lowest BCUT2D eigenvalue weighted by Gasteiger charge is -2.20. The lowest BCUT2D eigenvalue weighted by atomic mass is 9.99. The Morgan fingerprint density at radius 3 is 2.37 bits per heavy atom. The zero-order valence-electron chi connectivity index (χ0n) is 17.0. The van der Waals surface area contributed by atoms with Gasteiger partial charge in [0, 0.05) is 20.1 Å². The average molecular weight is 424 g/mol. The molecule has 0 bridgehead atoms. The van der Waals surface area contributed by atoms with E-state index >= 15 is 0 Å². The summed E-state index contributed by atoms with van der Waals surface area (Å²) in [5.74, 6) is 0. The molecule has 0 spiro atoms. The molecule has 0 fully saturated rings. The van der Waals surface area contributed by atoms with Crippen molar-refractivity contribution in [2.45, 2.75) is 18.0 Å². The molecule has 2 N–H and O–H groups in total. The van der Waals surface area contributed by atoms with E-state index in [-0.39, 0.29) is 17.5 Å². The molecule has 7 heteroatoms. The van der Waals surface area contributed by atoms with Gasteiger partial charge in [0.25, 0.3) is 0 Å². The summed E-state index contributed by atoms with van der Waals surface area (Å²) in [5.41, 5.74) is 3.94. The van der Waals surface area contributed by atoms with E-state index in [0.717, 1.165) is 16.7 Å². The molecule has 0 aliphatic rings. The summed E-state index contributed by atoms with van der Waals surface area (Å²) in [5, 5.41) is 2.85. The first kappa shape index (κ1) is 21.5. The first-order valence-corrected chi connectivity index (χ1v) is 11.0. The number of hydrogen-bond donors (Lipinski definition) is 2. The third kappa shape index (κ3) is 5.25. The molecule has 0 heterocycles. The molecule has 2 amide bonds. The summed E-state index contributed by atoms with van der Waals surface area (Å²) in [7, 11) is -0.418. The van der Waals surface area contributed by atoms with Crippen LogP contribution in [0.15, 0.2) is 83.8 Å². The minimum absolute atomic E-state index is 0.168. The van der Waals surface area contributed by atoms with Crippen molar-refractivity contribution < 1.29 is 13.2 Å². The third-order valence-corrected chi connectivity index (χ3v) is 6.19. The van der Waals surface area contributed by atoms with Crippen molar-refractivity contribution >= 4 is 16.1 Å². The molecule has 0 saturated carbocycles. The van der Waals surface area contributed by atoms with Crippen LogP contribution in [0.1, 0.15) is 11.1 Å². The Hall–Kier alpha value is -3.16. The molecule has 0 unspecified atom stereocenters. The number of urea groups is 1. The Kier molecular flexibility index (Phi) is 6.87. The number of carbonyl (C=O) groups is 1. The fourth-order valence-electron chi connectivity index (χ4n) is 3.14. The van der Waals surface area contributed by atoms with Crippen LogP contribution >= 0.6 is 0 Å². The van der Waals surface area contributed by atoms with Crippen LogP contribution in [0.5, 0.6) is 0 Å². The number of sulfonamides is 1. The predicted octanol–water partition coefficient (Wildman–Crippen LogP) is 3.60. The van der Waals surface area contributed by atoms with Crippen LogP contribution in [-0.4, -0.2) is 33.4 Å². The van der Waals surface area contributed by atoms with E-state index in [1.54, 1.807) is 30.1 Å². The zero-order valence-corrected chi connectivity index (χ0v) is 17.8. The van der Waals surface area contributed by atoms with Crippen LogP contribution in [0, 0.1) is 0 Å². The lowest BCUT2D eigenvalue weighted by Crippen LogP contribution is -2.36. The minimum Gasteiger partial charge on any atom is -0.334 e. The highest BCUT2D eigenvalue weighted by molar-refractivity contribution is 7.89. The second kappa shape index (κ2) is 9.56. The number of rotatable bonds is 7. The summed E-state index contributed by atoms with van der Waals surface area (Å²) in [4.78, 5) is 14.4. The number of hydrogen-bond acceptors (Lipinski definition) is 3. The Morgan fingerprint density at radius 2 is 1.63 bits per heavy atom. The van der Waals surface area contributed by atoms with Gasteiger partial charge in [-0.25, -0.2) is 17.9 Å². The predicted molar refractivity (Wildman–Crippen MR) is 118 cm³/mol. The van der Waals surface area contributed by atoms with E-state index < -0.39 is 10.0 Å². The topological polar surface area (TPSA) is 78.5 Å². The van der Waals surface area contributed by atoms with Gasteiger partial charge in [0.2, 0.25) is 10.0 Å². The van der Waals surface area contributed by atoms with Gasteiger partial charge in [0.1, 0.15) is 0 Å². The molecule has 6 nitrogen and oxygen atoms in total. The van der Waals surface area contributed by atoms with Crippen molar-refractivity contribution in [3.05, 3.63) is 90.0 Å². The molecule has 0 atom stereocenters. The van der Waals surface area contributed by atoms with E-state index in [0.29, 0.717) is 12.1 Å². The standard InChI is InChI=1S/C23H25N3O3S/c1-24-30(28,29)21-13-8-9-18(15-21)16-25-23(27)26(2)17-20-12-6-7-14-22(20)19-10-4-3-5-11-19/h3-15,24H,16-17H2,1-2H3,(H,25,27). The highest BCUT2D eigenvalue weighted by Crippen LogP contribution is 2.24. The third-order valence-electron chi connectivity index (χ3n) is 4.78. The second-order valence-corrected chi connectivity index (χ2v) is 8.78. The molecular weight excluding hydrogens is 398 g/mol. The number of nitrogens with zero attached hydrogens (tertiary/aromatic N) is 1. The molecular formula is C23H25N3O3S. The van der Waals surface area contributed by atoms with Gasteiger partial charge in [-0.3, -0.25) is 0 Å². The van der Waals surface area contributed by atoms with Crippen molar-refractivity contribution in [1.82, 2.24) is 14.9 Å². The Bertz CT molecular complexity index is 1120. The molecule has 156 valence electrons. The molecule has 3 aromatic carbocycles. The van der Waals surface area contributed by atoms with Gasteiger partial charge in [0.05, 0.1) is 4.90 Å². The smallest absolute Gasteiger partial charge is 0.317 e. The van der Waals surface area contributed by atoms with Crippen LogP contribution in [0.4, 0.5) is 4.79 Å². The molecule has 0 aliphatic carbocycles. The van der Waals surface area contributed by atoms with E-state index in [4.69, 9.17) is 0 Å². The lowest BCUT2D eigenvalue weighted by molar-refractivity contribution is 0.206. The molecule has 30 heavy (non-hydrogen) atoms. The van der Waals surface area contributed by atoms with Crippen molar-refractivity contribution in [1.29, 1.82) is 0 Å². The Balaban J connectivity index is 1.66. The van der Waals surface area contributed by atoms with Crippen molar-refractivity contribution in [3.63, 3.8) is 0 Å². The van der Waals surface area contributed by atoms with Gasteiger partial charge in [0.15, 0.2) is 0 Å². The zero-order chi connectivity index (χ0) is 21.6. The fraction of sp³-hybridized carbons (Fsp3) is 0.174. The van der Waals surface area contributed by atoms with Crippen molar-refractivity contribution in [3.8, 4) is 11.1 Å². The van der Waals surface area contributed by atoms with Crippen LogP contribution in [-0.2, 0) is 23.1 Å². The first-order chi connectivity index (χ1) is 14.4. The van der Waals surface area contributed by atoms with Gasteiger partial charge in [-0.2, -0.15) is 0 Å². The maximum atomic E-state index is 12.6. The normalized spacial score (nSPS) is 11.1. The summed E-state index contributed by atoms with van der Waals surface area (Å²) < 4.78 is 26.2. The quantitative estimate of drug-likeness (QED) is 0.609. The van der Waals surface area contributed by atoms with Gasteiger partial charge in [-0.1, -0.05) is 66.7 Å². The highest BCUT2D eigenvalue weighted by Gasteiger charge is 2.14. The second-order valence-electron chi connectivity index (χ2n) is 6.89. The summed E-state index contributed by atoms with van der Waals surface area (Å²) >= 11 is 0. The number of benzene rings is 3. The molecule has 0 aliphatic heterocycles. The van der Waals surface area contributed by atoms with Crippen molar-refractivity contribution in [2.24, 2.45) is 0 Å². The highest BCUT2D eigenvalue weighted by atomic mass is 32.2. The number of carbonyl (C=O) groups excluding carboxylic acids is 1. The number of amides is 2. The molecule has 3 aromatic rings. The first-order valence-electron chi connectivity index (χ1n) is 9.55. The average Bonchev–Trinajstić information content (AvgIpc) is 2.78. The summed E-state index contributed by atoms with van der Waals surface area (Å²) in [6.07, 6.45) is 0. The molecule has 0 saturated heterocycles. The molecule has 0 aromatic heterocycles. The van der Waals surface area contributed by atoms with Crippen LogP contribution in [0.25, 0.3) is 11.1 Å². The van der Waals surface area contributed by atoms with E-state index in [2.05, 4.69) is 10.0 Å². The van der Waals surface area contributed by atoms with Gasteiger partial charge >= 0.3 is 6.03 Å². The Labute approximate surface area is 177 Å². The number of nitrogens with one attached hydrogen (secondary N) is 2.